The number of hydrogen-bond donors (Lipinski definition) is 7. The van der Waals surface area contributed by atoms with E-state index < -0.39 is 47.9 Å². The van der Waals surface area contributed by atoms with E-state index in [-0.39, 0.29) is 18.3 Å². The fourth-order valence-electron chi connectivity index (χ4n) is 3.55. The molecule has 1 fully saturated rings. The van der Waals surface area contributed by atoms with Crippen molar-refractivity contribution in [3.8, 4) is 0 Å². The number of hydrogen-bond acceptors (Lipinski definition) is 6. The van der Waals surface area contributed by atoms with Crippen molar-refractivity contribution >= 4 is 29.7 Å². The predicted molar refractivity (Wildman–Crippen MR) is 118 cm³/mol. The lowest BCUT2D eigenvalue weighted by molar-refractivity contribution is -0.149. The van der Waals surface area contributed by atoms with E-state index in [2.05, 4.69) is 16.0 Å². The van der Waals surface area contributed by atoms with Gasteiger partial charge in [-0.1, -0.05) is 13.8 Å². The third-order valence-electron chi connectivity index (χ3n) is 5.17. The second-order valence-corrected chi connectivity index (χ2v) is 8.55. The first-order valence-corrected chi connectivity index (χ1v) is 10.9. The van der Waals surface area contributed by atoms with E-state index in [4.69, 9.17) is 16.9 Å². The van der Waals surface area contributed by atoms with Crippen LogP contribution >= 0.6 is 0 Å². The van der Waals surface area contributed by atoms with Crippen molar-refractivity contribution in [1.29, 1.82) is 5.41 Å². The average molecular weight is 456 g/mol. The Balaban J connectivity index is 2.98. The van der Waals surface area contributed by atoms with Gasteiger partial charge in [-0.2, -0.15) is 0 Å². The molecule has 0 radical (unpaired) electrons. The standard InChI is InChI=1S/C20H37N7O5/c1-11(2)10-14(26-16(28)12(3)21)17(29)25-13(6-4-8-24-20(22)23)18(30)27-9-5-7-15(27)19(31)32/h11-15H,4-10,21H2,1-3H3,(H,25,29)(H,26,28)(H,31,32)(H4,22,23,24)/t12-,13-,14-,15-/m0/s1. The normalized spacial score (nSPS) is 18.5. The van der Waals surface area contributed by atoms with Crippen LogP contribution in [0.2, 0.25) is 0 Å². The number of carboxylic acid groups (broad SMARTS) is 1. The minimum atomic E-state index is -1.08. The summed E-state index contributed by atoms with van der Waals surface area (Å²) in [5, 5.41) is 24.6. The SMILES string of the molecule is CC(C)C[C@H](NC(=O)[C@H](C)N)C(=O)N[C@@H](CCCNC(=N)N)C(=O)N1CCC[C@H]1C(=O)O. The Bertz CT molecular complexity index is 698. The number of carboxylic acids is 1. The highest BCUT2D eigenvalue weighted by molar-refractivity contribution is 5.94. The Hall–Kier alpha value is -2.89. The number of rotatable bonds is 12. The van der Waals surface area contributed by atoms with E-state index >= 15 is 0 Å². The third-order valence-corrected chi connectivity index (χ3v) is 5.17. The van der Waals surface area contributed by atoms with Gasteiger partial charge in [0, 0.05) is 13.1 Å². The number of amides is 3. The number of carbonyl (C=O) groups is 4. The monoisotopic (exact) mass is 455 g/mol. The molecule has 32 heavy (non-hydrogen) atoms. The molecule has 12 nitrogen and oxygen atoms in total. The molecular weight excluding hydrogens is 418 g/mol. The maximum Gasteiger partial charge on any atom is 0.326 e. The maximum absolute atomic E-state index is 13.2. The van der Waals surface area contributed by atoms with Gasteiger partial charge in [0.05, 0.1) is 6.04 Å². The Kier molecular flexibility index (Phi) is 10.9. The summed E-state index contributed by atoms with van der Waals surface area (Å²) in [5.74, 6) is -2.70. The molecule has 0 aromatic heterocycles. The molecule has 1 heterocycles. The van der Waals surface area contributed by atoms with Crippen LogP contribution < -0.4 is 27.4 Å². The first-order valence-electron chi connectivity index (χ1n) is 10.9. The highest BCUT2D eigenvalue weighted by Crippen LogP contribution is 2.20. The Labute approximate surface area is 188 Å². The van der Waals surface area contributed by atoms with Gasteiger partial charge in [0.15, 0.2) is 5.96 Å². The Morgan fingerprint density at radius 2 is 1.75 bits per heavy atom. The molecule has 0 aromatic rings. The van der Waals surface area contributed by atoms with Gasteiger partial charge in [-0.25, -0.2) is 4.79 Å². The van der Waals surface area contributed by atoms with Crippen LogP contribution in [0.15, 0.2) is 0 Å². The molecule has 1 aliphatic rings. The minimum Gasteiger partial charge on any atom is -0.480 e. The molecule has 0 aliphatic carbocycles. The van der Waals surface area contributed by atoms with E-state index in [1.165, 1.54) is 11.8 Å². The molecule has 1 aliphatic heterocycles. The van der Waals surface area contributed by atoms with Crippen molar-refractivity contribution in [2.24, 2.45) is 17.4 Å². The summed E-state index contributed by atoms with van der Waals surface area (Å²) >= 11 is 0. The van der Waals surface area contributed by atoms with Gasteiger partial charge in [-0.3, -0.25) is 19.8 Å². The lowest BCUT2D eigenvalue weighted by Crippen LogP contribution is -2.57. The molecule has 3 amide bonds. The first-order chi connectivity index (χ1) is 14.9. The second kappa shape index (κ2) is 12.8. The summed E-state index contributed by atoms with van der Waals surface area (Å²) in [6.45, 7) is 5.92. The summed E-state index contributed by atoms with van der Waals surface area (Å²) in [7, 11) is 0. The van der Waals surface area contributed by atoms with Crippen molar-refractivity contribution in [2.45, 2.75) is 77.0 Å². The van der Waals surface area contributed by atoms with Gasteiger partial charge in [-0.15, -0.1) is 0 Å². The number of nitrogens with two attached hydrogens (primary N) is 2. The smallest absolute Gasteiger partial charge is 0.326 e. The molecule has 12 heteroatoms. The molecule has 0 spiro atoms. The summed E-state index contributed by atoms with van der Waals surface area (Å²) in [4.78, 5) is 51.0. The molecule has 0 saturated carbocycles. The van der Waals surface area contributed by atoms with Crippen LogP contribution in [0.4, 0.5) is 0 Å². The zero-order valence-corrected chi connectivity index (χ0v) is 19.0. The lowest BCUT2D eigenvalue weighted by atomic mass is 10.0. The molecule has 4 atom stereocenters. The van der Waals surface area contributed by atoms with Crippen LogP contribution in [-0.4, -0.2) is 76.9 Å². The van der Waals surface area contributed by atoms with E-state index in [0.717, 1.165) is 0 Å². The van der Waals surface area contributed by atoms with E-state index in [1.807, 2.05) is 13.8 Å². The first kappa shape index (κ1) is 27.1. The van der Waals surface area contributed by atoms with Crippen LogP contribution in [0, 0.1) is 11.3 Å². The number of carbonyl (C=O) groups excluding carboxylic acids is 3. The summed E-state index contributed by atoms with van der Waals surface area (Å²) in [6.07, 6.45) is 1.88. The van der Waals surface area contributed by atoms with Crippen molar-refractivity contribution in [2.75, 3.05) is 13.1 Å². The molecule has 1 saturated heterocycles. The number of nitrogens with zero attached hydrogens (tertiary/aromatic N) is 1. The lowest BCUT2D eigenvalue weighted by Gasteiger charge is -2.29. The highest BCUT2D eigenvalue weighted by atomic mass is 16.4. The fraction of sp³-hybridized carbons (Fsp3) is 0.750. The quantitative estimate of drug-likeness (QED) is 0.107. The van der Waals surface area contributed by atoms with E-state index in [0.29, 0.717) is 38.8 Å². The van der Waals surface area contributed by atoms with Crippen LogP contribution in [0.3, 0.4) is 0 Å². The number of nitrogens with one attached hydrogen (secondary N) is 4. The van der Waals surface area contributed by atoms with Gasteiger partial charge in [0.1, 0.15) is 18.1 Å². The van der Waals surface area contributed by atoms with Gasteiger partial charge >= 0.3 is 5.97 Å². The van der Waals surface area contributed by atoms with Gasteiger partial charge in [0.2, 0.25) is 17.7 Å². The topological polar surface area (TPSA) is 204 Å². The summed E-state index contributed by atoms with van der Waals surface area (Å²) in [5.41, 5.74) is 10.9. The largest absolute Gasteiger partial charge is 0.480 e. The summed E-state index contributed by atoms with van der Waals surface area (Å²) < 4.78 is 0. The third kappa shape index (κ3) is 8.69. The average Bonchev–Trinajstić information content (AvgIpc) is 3.18. The molecule has 0 unspecified atom stereocenters. The van der Waals surface area contributed by atoms with Gasteiger partial charge in [-0.05, 0) is 44.9 Å². The van der Waals surface area contributed by atoms with Crippen LogP contribution in [0.25, 0.3) is 0 Å². The van der Waals surface area contributed by atoms with E-state index in [9.17, 15) is 24.3 Å². The summed E-state index contributed by atoms with van der Waals surface area (Å²) in [6, 6.07) is -3.58. The molecular formula is C20H37N7O5. The Morgan fingerprint density at radius 3 is 2.28 bits per heavy atom. The van der Waals surface area contributed by atoms with Gasteiger partial charge in [0.25, 0.3) is 0 Å². The van der Waals surface area contributed by atoms with Crippen LogP contribution in [0.1, 0.15) is 52.9 Å². The minimum absolute atomic E-state index is 0.0861. The highest BCUT2D eigenvalue weighted by Gasteiger charge is 2.38. The molecule has 0 bridgehead atoms. The molecule has 1 rings (SSSR count). The number of likely N-dealkylation sites (tertiary alicyclic amines) is 1. The van der Waals surface area contributed by atoms with Crippen LogP contribution in [-0.2, 0) is 19.2 Å². The zero-order chi connectivity index (χ0) is 24.4. The molecule has 182 valence electrons. The van der Waals surface area contributed by atoms with Crippen molar-refractivity contribution in [1.82, 2.24) is 20.9 Å². The van der Waals surface area contributed by atoms with Crippen molar-refractivity contribution < 1.29 is 24.3 Å². The zero-order valence-electron chi connectivity index (χ0n) is 19.0. The van der Waals surface area contributed by atoms with Crippen molar-refractivity contribution in [3.05, 3.63) is 0 Å². The fourth-order valence-corrected chi connectivity index (χ4v) is 3.55. The number of guanidine groups is 1. The number of aliphatic carboxylic acids is 1. The van der Waals surface area contributed by atoms with E-state index in [1.54, 1.807) is 0 Å². The molecule has 9 N–H and O–H groups in total. The predicted octanol–water partition coefficient (Wildman–Crippen LogP) is -1.31. The Morgan fingerprint density at radius 1 is 1.12 bits per heavy atom. The second-order valence-electron chi connectivity index (χ2n) is 8.55. The molecule has 0 aromatic carbocycles. The van der Waals surface area contributed by atoms with Gasteiger partial charge < -0.3 is 37.4 Å². The van der Waals surface area contributed by atoms with Crippen LogP contribution in [0.5, 0.6) is 0 Å². The maximum atomic E-state index is 13.2. The van der Waals surface area contributed by atoms with Crippen molar-refractivity contribution in [3.63, 3.8) is 0 Å².